The molecule has 1 aliphatic rings. The van der Waals surface area contributed by atoms with Gasteiger partial charge in [-0.15, -0.1) is 0 Å². The fraction of sp³-hybridized carbons (Fsp3) is 1.00. The zero-order chi connectivity index (χ0) is 7.40. The average molecular weight is 164 g/mol. The van der Waals surface area contributed by atoms with E-state index in [0.29, 0.717) is 0 Å². The Kier molecular flexibility index (Phi) is 3.27. The molecule has 0 radical (unpaired) electrons. The van der Waals surface area contributed by atoms with Gasteiger partial charge in [0.25, 0.3) is 0 Å². The van der Waals surface area contributed by atoms with Crippen molar-refractivity contribution in [3.8, 4) is 0 Å². The van der Waals surface area contributed by atoms with Crippen LogP contribution >= 0.6 is 0 Å². The zero-order valence-electron chi connectivity index (χ0n) is 5.92. The van der Waals surface area contributed by atoms with Gasteiger partial charge in [0.05, 0.1) is 0 Å². The molecule has 1 fully saturated rings. The van der Waals surface area contributed by atoms with Crippen molar-refractivity contribution in [3.63, 3.8) is 0 Å². The highest BCUT2D eigenvalue weighted by atomic mass is 32.2. The molecular formula is C5H12N2O2S. The van der Waals surface area contributed by atoms with E-state index in [1.807, 2.05) is 0 Å². The van der Waals surface area contributed by atoms with Gasteiger partial charge in [-0.25, -0.2) is 4.21 Å². The van der Waals surface area contributed by atoms with Gasteiger partial charge in [-0.2, -0.15) is 0 Å². The molecule has 0 aromatic rings. The van der Waals surface area contributed by atoms with Crippen molar-refractivity contribution in [3.05, 3.63) is 0 Å². The molecule has 0 saturated carbocycles. The number of hydrogen-bond donors (Lipinski definition) is 2. The van der Waals surface area contributed by atoms with Crippen molar-refractivity contribution in [2.45, 2.75) is 12.8 Å². The molecule has 0 spiro atoms. The van der Waals surface area contributed by atoms with Gasteiger partial charge >= 0.3 is 0 Å². The van der Waals surface area contributed by atoms with Crippen molar-refractivity contribution in [2.75, 3.05) is 19.3 Å². The van der Waals surface area contributed by atoms with Gasteiger partial charge in [0, 0.05) is 6.26 Å². The Morgan fingerprint density at radius 1 is 1.50 bits per heavy atom. The molecule has 1 atom stereocenters. The second-order valence-electron chi connectivity index (χ2n) is 2.14. The summed E-state index contributed by atoms with van der Waals surface area (Å²) in [5, 5.41) is 6.05. The molecule has 1 heterocycles. The van der Waals surface area contributed by atoms with Gasteiger partial charge in [-0.3, -0.25) is 14.8 Å². The van der Waals surface area contributed by atoms with E-state index in [2.05, 4.69) is 10.6 Å². The highest BCUT2D eigenvalue weighted by Crippen LogP contribution is 1.92. The van der Waals surface area contributed by atoms with Gasteiger partial charge in [0.15, 0.2) is 17.4 Å². The molecule has 0 aliphatic carbocycles. The van der Waals surface area contributed by atoms with E-state index in [9.17, 15) is 4.21 Å². The molecule has 0 aromatic heterocycles. The van der Waals surface area contributed by atoms with Gasteiger partial charge in [0.1, 0.15) is 0 Å². The summed E-state index contributed by atoms with van der Waals surface area (Å²) in [6.45, 7) is 1.85. The van der Waals surface area contributed by atoms with Gasteiger partial charge in [-0.1, -0.05) is 0 Å². The first-order valence-electron chi connectivity index (χ1n) is 3.26. The van der Waals surface area contributed by atoms with Crippen molar-refractivity contribution in [1.82, 2.24) is 10.6 Å². The number of hydrogen-bond acceptors (Lipinski definition) is 4. The maximum Gasteiger partial charge on any atom is 0.179 e. The van der Waals surface area contributed by atoms with Crippen LogP contribution in [0.2, 0.25) is 0 Å². The van der Waals surface area contributed by atoms with Crippen LogP contribution in [0.1, 0.15) is 6.42 Å². The summed E-state index contributed by atoms with van der Waals surface area (Å²) in [7, 11) is 0. The van der Waals surface area contributed by atoms with Crippen molar-refractivity contribution < 1.29 is 8.39 Å². The highest BCUT2D eigenvalue weighted by Gasteiger charge is 2.12. The summed E-state index contributed by atoms with van der Waals surface area (Å²) in [6, 6.07) is 0. The third-order valence-corrected chi connectivity index (χ3v) is 1.71. The summed E-state index contributed by atoms with van der Waals surface area (Å²) < 4.78 is 15.5. The monoisotopic (exact) mass is 164 g/mol. The van der Waals surface area contributed by atoms with Crippen LogP contribution in [-0.4, -0.2) is 29.9 Å². The minimum absolute atomic E-state index is 0.223. The van der Waals surface area contributed by atoms with Crippen LogP contribution in [0, 0.1) is 0 Å². The lowest BCUT2D eigenvalue weighted by molar-refractivity contribution is 0.128. The average Bonchev–Trinajstić information content (AvgIpc) is 1.88. The van der Waals surface area contributed by atoms with E-state index in [-0.39, 0.29) is 6.35 Å². The van der Waals surface area contributed by atoms with E-state index in [1.54, 1.807) is 0 Å². The first-order chi connectivity index (χ1) is 4.79. The molecule has 4 nitrogen and oxygen atoms in total. The maximum atomic E-state index is 10.5. The molecule has 60 valence electrons. The second-order valence-corrected chi connectivity index (χ2v) is 3.13. The normalized spacial score (nSPS) is 24.5. The van der Waals surface area contributed by atoms with Crippen molar-refractivity contribution in [2.24, 2.45) is 0 Å². The summed E-state index contributed by atoms with van der Waals surface area (Å²) in [4.78, 5) is 0. The van der Waals surface area contributed by atoms with E-state index < -0.39 is 11.1 Å². The Bertz CT molecular complexity index is 125. The van der Waals surface area contributed by atoms with Crippen LogP contribution in [0.3, 0.4) is 0 Å². The van der Waals surface area contributed by atoms with Gasteiger partial charge in [-0.05, 0) is 19.5 Å². The maximum absolute atomic E-state index is 10.5. The Morgan fingerprint density at radius 3 is 2.60 bits per heavy atom. The zero-order valence-corrected chi connectivity index (χ0v) is 6.74. The Balaban J connectivity index is 2.19. The lowest BCUT2D eigenvalue weighted by atomic mass is 10.4. The first kappa shape index (κ1) is 8.13. The third-order valence-electron chi connectivity index (χ3n) is 1.24. The minimum Gasteiger partial charge on any atom is -0.278 e. The van der Waals surface area contributed by atoms with Crippen LogP contribution in [0.4, 0.5) is 0 Å². The molecule has 1 aliphatic heterocycles. The van der Waals surface area contributed by atoms with E-state index >= 15 is 0 Å². The van der Waals surface area contributed by atoms with Crippen LogP contribution in [0.15, 0.2) is 0 Å². The smallest absolute Gasteiger partial charge is 0.179 e. The molecule has 0 amide bonds. The molecule has 10 heavy (non-hydrogen) atoms. The first-order valence-corrected chi connectivity index (χ1v) is 4.74. The Labute approximate surface area is 63.0 Å². The molecule has 1 unspecified atom stereocenters. The number of nitrogens with one attached hydrogen (secondary N) is 2. The highest BCUT2D eigenvalue weighted by molar-refractivity contribution is 7.79. The van der Waals surface area contributed by atoms with E-state index in [0.717, 1.165) is 19.5 Å². The molecule has 0 bridgehead atoms. The van der Waals surface area contributed by atoms with Crippen LogP contribution in [0.5, 0.6) is 0 Å². The largest absolute Gasteiger partial charge is 0.278 e. The predicted molar refractivity (Wildman–Crippen MR) is 39.6 cm³/mol. The molecule has 1 saturated heterocycles. The van der Waals surface area contributed by atoms with Crippen LogP contribution in [0.25, 0.3) is 0 Å². The summed E-state index contributed by atoms with van der Waals surface area (Å²) in [5.41, 5.74) is 0. The standard InChI is InChI=1S/C5H12N2O2S/c1-10(8)9-5-6-3-2-4-7-5/h5-7H,2-4H2,1H3. The van der Waals surface area contributed by atoms with Gasteiger partial charge in [0.2, 0.25) is 0 Å². The Morgan fingerprint density at radius 2 is 2.10 bits per heavy atom. The summed E-state index contributed by atoms with van der Waals surface area (Å²) in [6.07, 6.45) is 2.38. The fourth-order valence-corrected chi connectivity index (χ4v) is 1.24. The van der Waals surface area contributed by atoms with E-state index in [4.69, 9.17) is 4.18 Å². The molecule has 0 aromatic carbocycles. The topological polar surface area (TPSA) is 50.4 Å². The predicted octanol–water partition coefficient (Wildman–Crippen LogP) is -0.837. The van der Waals surface area contributed by atoms with Crippen molar-refractivity contribution in [1.29, 1.82) is 0 Å². The van der Waals surface area contributed by atoms with Crippen molar-refractivity contribution >= 4 is 11.1 Å². The summed E-state index contributed by atoms with van der Waals surface area (Å²) >= 11 is -1.19. The molecule has 1 rings (SSSR count). The van der Waals surface area contributed by atoms with Crippen LogP contribution < -0.4 is 10.6 Å². The minimum atomic E-state index is -1.19. The summed E-state index contributed by atoms with van der Waals surface area (Å²) in [5.74, 6) is 0. The molecule has 5 heteroatoms. The lowest BCUT2D eigenvalue weighted by Crippen LogP contribution is -2.50. The molecule has 2 N–H and O–H groups in total. The Hall–Kier alpha value is 0.0300. The van der Waals surface area contributed by atoms with Crippen LogP contribution in [-0.2, 0) is 15.3 Å². The second kappa shape index (κ2) is 4.02. The SMILES string of the molecule is CS(=O)OC1NCCCN1. The third kappa shape index (κ3) is 2.74. The van der Waals surface area contributed by atoms with Gasteiger partial charge < -0.3 is 0 Å². The lowest BCUT2D eigenvalue weighted by Gasteiger charge is -2.23. The molecular weight excluding hydrogens is 152 g/mol. The number of rotatable bonds is 2. The van der Waals surface area contributed by atoms with E-state index in [1.165, 1.54) is 6.26 Å². The quantitative estimate of drug-likeness (QED) is 0.559. The fourth-order valence-electron chi connectivity index (χ4n) is 0.830.